The van der Waals surface area contributed by atoms with Crippen molar-refractivity contribution >= 4 is 17.7 Å². The maximum Gasteiger partial charge on any atom is 0.291 e. The number of nitrogens with zero attached hydrogens (tertiary/aromatic N) is 5. The number of nitriles is 1. The monoisotopic (exact) mass is 482 g/mol. The standard InChI is InChI=1S/C28H30N6O2/c1-4-23-22(16-29)21(8-12-30-23)20-6-5-7-24(18(20)2)32-28(35)27-31-25-17-34(13-9-26(25)33(27)3)19-10-14-36-15-11-19/h4-8,12,19H,1,9-11,13-15,17H2,2-3H3,(H,32,35). The third-order valence-electron chi connectivity index (χ3n) is 7.35. The highest BCUT2D eigenvalue weighted by Crippen LogP contribution is 2.32. The van der Waals surface area contributed by atoms with Gasteiger partial charge in [0.25, 0.3) is 5.91 Å². The topological polar surface area (TPSA) is 96.1 Å². The summed E-state index contributed by atoms with van der Waals surface area (Å²) in [6.07, 6.45) is 6.21. The average Bonchev–Trinajstić information content (AvgIpc) is 3.25. The maximum atomic E-state index is 13.4. The molecular formula is C28H30N6O2. The van der Waals surface area contributed by atoms with Crippen molar-refractivity contribution in [3.05, 3.63) is 71.1 Å². The van der Waals surface area contributed by atoms with Crippen molar-refractivity contribution in [2.45, 2.75) is 38.8 Å². The molecule has 184 valence electrons. The number of nitrogens with one attached hydrogen (secondary N) is 1. The number of hydrogen-bond acceptors (Lipinski definition) is 6. The Morgan fingerprint density at radius 3 is 2.83 bits per heavy atom. The van der Waals surface area contributed by atoms with E-state index in [-0.39, 0.29) is 5.91 Å². The summed E-state index contributed by atoms with van der Waals surface area (Å²) in [5, 5.41) is 12.8. The van der Waals surface area contributed by atoms with Gasteiger partial charge >= 0.3 is 0 Å². The van der Waals surface area contributed by atoms with E-state index in [1.54, 1.807) is 12.3 Å². The number of benzene rings is 1. The van der Waals surface area contributed by atoms with Gasteiger partial charge in [-0.2, -0.15) is 5.26 Å². The lowest BCUT2D eigenvalue weighted by atomic mass is 9.95. The number of ether oxygens (including phenoxy) is 1. The molecule has 5 rings (SSSR count). The number of carbonyl (C=O) groups is 1. The second-order valence-electron chi connectivity index (χ2n) is 9.32. The predicted octanol–water partition coefficient (Wildman–Crippen LogP) is 4.09. The third-order valence-corrected chi connectivity index (χ3v) is 7.35. The molecule has 0 spiro atoms. The number of carbonyl (C=O) groups excluding carboxylic acids is 1. The van der Waals surface area contributed by atoms with Gasteiger partial charge in [0.1, 0.15) is 6.07 Å². The minimum atomic E-state index is -0.244. The second-order valence-corrected chi connectivity index (χ2v) is 9.32. The number of hydrogen-bond donors (Lipinski definition) is 1. The lowest BCUT2D eigenvalue weighted by Gasteiger charge is -2.36. The van der Waals surface area contributed by atoms with Crippen LogP contribution in [0.15, 0.2) is 37.0 Å². The zero-order chi connectivity index (χ0) is 25.2. The fraction of sp³-hybridized carbons (Fsp3) is 0.357. The van der Waals surface area contributed by atoms with E-state index in [1.165, 1.54) is 0 Å². The van der Waals surface area contributed by atoms with Crippen LogP contribution in [0, 0.1) is 18.3 Å². The fourth-order valence-corrected chi connectivity index (χ4v) is 5.33. The molecule has 0 radical (unpaired) electrons. The summed E-state index contributed by atoms with van der Waals surface area (Å²) in [4.78, 5) is 24.8. The van der Waals surface area contributed by atoms with Crippen LogP contribution in [0.4, 0.5) is 5.69 Å². The Morgan fingerprint density at radius 1 is 1.28 bits per heavy atom. The number of pyridine rings is 1. The number of rotatable bonds is 5. The Morgan fingerprint density at radius 2 is 2.08 bits per heavy atom. The van der Waals surface area contributed by atoms with E-state index in [9.17, 15) is 10.1 Å². The molecule has 0 atom stereocenters. The lowest BCUT2D eigenvalue weighted by Crippen LogP contribution is -2.42. The van der Waals surface area contributed by atoms with Gasteiger partial charge in [0.2, 0.25) is 0 Å². The number of imidazole rings is 1. The molecule has 8 nitrogen and oxygen atoms in total. The summed E-state index contributed by atoms with van der Waals surface area (Å²) in [6, 6.07) is 10.3. The number of fused-ring (bicyclic) bond motifs is 1. The summed E-state index contributed by atoms with van der Waals surface area (Å²) in [5.41, 5.74) is 6.29. The molecule has 2 aromatic heterocycles. The van der Waals surface area contributed by atoms with Crippen LogP contribution in [0.3, 0.4) is 0 Å². The van der Waals surface area contributed by atoms with Gasteiger partial charge in [0.15, 0.2) is 5.82 Å². The van der Waals surface area contributed by atoms with Crippen molar-refractivity contribution in [2.24, 2.45) is 7.05 Å². The molecule has 4 heterocycles. The molecule has 36 heavy (non-hydrogen) atoms. The van der Waals surface area contributed by atoms with Crippen molar-refractivity contribution in [2.75, 3.05) is 25.1 Å². The summed E-state index contributed by atoms with van der Waals surface area (Å²) < 4.78 is 7.45. The molecule has 2 aliphatic heterocycles. The van der Waals surface area contributed by atoms with E-state index in [4.69, 9.17) is 9.72 Å². The lowest BCUT2D eigenvalue weighted by molar-refractivity contribution is 0.0283. The molecule has 1 saturated heterocycles. The summed E-state index contributed by atoms with van der Waals surface area (Å²) in [5.74, 6) is 0.168. The van der Waals surface area contributed by atoms with Crippen molar-refractivity contribution in [3.63, 3.8) is 0 Å². The van der Waals surface area contributed by atoms with Crippen molar-refractivity contribution < 1.29 is 9.53 Å². The van der Waals surface area contributed by atoms with Gasteiger partial charge in [-0.1, -0.05) is 18.7 Å². The molecule has 0 bridgehead atoms. The highest BCUT2D eigenvalue weighted by molar-refractivity contribution is 6.03. The minimum Gasteiger partial charge on any atom is -0.381 e. The quantitative estimate of drug-likeness (QED) is 0.588. The van der Waals surface area contributed by atoms with E-state index >= 15 is 0 Å². The number of anilines is 1. The van der Waals surface area contributed by atoms with Crippen LogP contribution in [0.25, 0.3) is 17.2 Å². The number of aromatic nitrogens is 3. The van der Waals surface area contributed by atoms with Gasteiger partial charge in [-0.25, -0.2) is 4.98 Å². The summed E-state index contributed by atoms with van der Waals surface area (Å²) in [6.45, 7) is 9.07. The summed E-state index contributed by atoms with van der Waals surface area (Å²) in [7, 11) is 1.92. The first kappa shape index (κ1) is 23.9. The van der Waals surface area contributed by atoms with Gasteiger partial charge in [-0.15, -0.1) is 0 Å². The van der Waals surface area contributed by atoms with Crippen LogP contribution < -0.4 is 5.32 Å². The average molecular weight is 483 g/mol. The highest BCUT2D eigenvalue weighted by Gasteiger charge is 2.30. The SMILES string of the molecule is C=Cc1nccc(-c2cccc(NC(=O)c3nc4c(n3C)CCN(C3CCOCC3)C4)c2C)c1C#N. The van der Waals surface area contributed by atoms with Gasteiger partial charge in [0, 0.05) is 69.0 Å². The van der Waals surface area contributed by atoms with E-state index in [2.05, 4.69) is 27.8 Å². The molecular weight excluding hydrogens is 452 g/mol. The molecule has 1 N–H and O–H groups in total. The van der Waals surface area contributed by atoms with E-state index < -0.39 is 0 Å². The van der Waals surface area contributed by atoms with Crippen LogP contribution >= 0.6 is 0 Å². The molecule has 0 aliphatic carbocycles. The van der Waals surface area contributed by atoms with Crippen molar-refractivity contribution in [3.8, 4) is 17.2 Å². The number of amides is 1. The first-order valence-corrected chi connectivity index (χ1v) is 12.3. The molecule has 0 unspecified atom stereocenters. The minimum absolute atomic E-state index is 0.244. The summed E-state index contributed by atoms with van der Waals surface area (Å²) >= 11 is 0. The van der Waals surface area contributed by atoms with E-state index in [0.29, 0.717) is 28.8 Å². The first-order valence-electron chi connectivity index (χ1n) is 12.3. The second kappa shape index (κ2) is 10.1. The Labute approximate surface area is 211 Å². The van der Waals surface area contributed by atoms with Crippen molar-refractivity contribution in [1.29, 1.82) is 5.26 Å². The van der Waals surface area contributed by atoms with Gasteiger partial charge < -0.3 is 14.6 Å². The molecule has 1 amide bonds. The maximum absolute atomic E-state index is 13.4. The van der Waals surface area contributed by atoms with Crippen LogP contribution in [0.5, 0.6) is 0 Å². The Bertz CT molecular complexity index is 1360. The van der Waals surface area contributed by atoms with Crippen LogP contribution in [-0.2, 0) is 24.8 Å². The first-order chi connectivity index (χ1) is 17.5. The largest absolute Gasteiger partial charge is 0.381 e. The predicted molar refractivity (Wildman–Crippen MR) is 138 cm³/mol. The van der Waals surface area contributed by atoms with E-state index in [0.717, 1.165) is 73.6 Å². The zero-order valence-corrected chi connectivity index (χ0v) is 20.8. The third kappa shape index (κ3) is 4.32. The van der Waals surface area contributed by atoms with Crippen molar-refractivity contribution in [1.82, 2.24) is 19.4 Å². The smallest absolute Gasteiger partial charge is 0.291 e. The molecule has 3 aromatic rings. The molecule has 1 fully saturated rings. The molecule has 0 saturated carbocycles. The normalized spacial score (nSPS) is 16.2. The molecule has 2 aliphatic rings. The fourth-order valence-electron chi connectivity index (χ4n) is 5.33. The highest BCUT2D eigenvalue weighted by atomic mass is 16.5. The Hall–Kier alpha value is -3.80. The van der Waals surface area contributed by atoms with Gasteiger partial charge in [-0.05, 0) is 49.1 Å². The Balaban J connectivity index is 1.40. The molecule has 8 heteroatoms. The van der Waals surface area contributed by atoms with Gasteiger partial charge in [0.05, 0.1) is 17.0 Å². The van der Waals surface area contributed by atoms with Crippen LogP contribution in [0.1, 0.15) is 51.7 Å². The Kier molecular flexibility index (Phi) is 6.68. The van der Waals surface area contributed by atoms with E-state index in [1.807, 2.05) is 42.8 Å². The van der Waals surface area contributed by atoms with Crippen LogP contribution in [-0.4, -0.2) is 51.1 Å². The zero-order valence-electron chi connectivity index (χ0n) is 20.8. The van der Waals surface area contributed by atoms with Gasteiger partial charge in [-0.3, -0.25) is 14.7 Å². The molecule has 1 aromatic carbocycles. The van der Waals surface area contributed by atoms with Crippen LogP contribution in [0.2, 0.25) is 0 Å².